The molecule has 0 aliphatic rings. The zero-order valence-corrected chi connectivity index (χ0v) is 17.7. The Hall–Kier alpha value is -3.24. The van der Waals surface area contributed by atoms with Crippen LogP contribution in [0, 0.1) is 20.8 Å². The summed E-state index contributed by atoms with van der Waals surface area (Å²) < 4.78 is 5.64. The molecule has 0 fully saturated rings. The summed E-state index contributed by atoms with van der Waals surface area (Å²) in [7, 11) is 0. The molecule has 0 aromatic heterocycles. The maximum atomic E-state index is 13.2. The van der Waals surface area contributed by atoms with Crippen LogP contribution in [0.5, 0.6) is 0 Å². The largest absolute Gasteiger partial charge is 0.458 e. The van der Waals surface area contributed by atoms with Crippen LogP contribution < -0.4 is 0 Å². The van der Waals surface area contributed by atoms with E-state index in [4.69, 9.17) is 4.74 Å². The Morgan fingerprint density at radius 2 is 1.37 bits per heavy atom. The second-order valence-electron chi connectivity index (χ2n) is 7.56. The molecular formula is C26H26O4. The molecule has 0 heterocycles. The second-order valence-corrected chi connectivity index (χ2v) is 7.56. The molecule has 0 aliphatic heterocycles. The van der Waals surface area contributed by atoms with Gasteiger partial charge in [0.2, 0.25) is 5.60 Å². The van der Waals surface area contributed by atoms with Gasteiger partial charge in [0.05, 0.1) is 0 Å². The van der Waals surface area contributed by atoms with Gasteiger partial charge in [0, 0.05) is 5.56 Å². The first-order valence-electron chi connectivity index (χ1n) is 9.88. The van der Waals surface area contributed by atoms with Crippen molar-refractivity contribution < 1.29 is 19.4 Å². The average Bonchev–Trinajstić information content (AvgIpc) is 2.73. The van der Waals surface area contributed by atoms with E-state index in [1.807, 2.05) is 39.0 Å². The summed E-state index contributed by atoms with van der Waals surface area (Å²) in [6, 6.07) is 19.4. The fourth-order valence-corrected chi connectivity index (χ4v) is 3.99. The van der Waals surface area contributed by atoms with Gasteiger partial charge in [-0.3, -0.25) is 4.79 Å². The Bertz CT molecular complexity index is 1030. The smallest absolute Gasteiger partial charge is 0.348 e. The van der Waals surface area contributed by atoms with E-state index in [-0.39, 0.29) is 12.4 Å². The molecule has 30 heavy (non-hydrogen) atoms. The molecule has 0 radical (unpaired) electrons. The summed E-state index contributed by atoms with van der Waals surface area (Å²) in [6.45, 7) is 7.19. The molecule has 4 nitrogen and oxygen atoms in total. The number of hydrogen-bond acceptors (Lipinski definition) is 4. The number of carbonyl (C=O) groups excluding carboxylic acids is 2. The molecule has 0 saturated carbocycles. The van der Waals surface area contributed by atoms with Crippen molar-refractivity contribution in [2.45, 2.75) is 39.9 Å². The summed E-state index contributed by atoms with van der Waals surface area (Å²) >= 11 is 0. The lowest BCUT2D eigenvalue weighted by Crippen LogP contribution is -2.38. The summed E-state index contributed by atoms with van der Waals surface area (Å²) in [6.07, 6.45) is 0. The number of ketones is 1. The maximum absolute atomic E-state index is 13.2. The van der Waals surface area contributed by atoms with Crippen LogP contribution in [-0.4, -0.2) is 16.9 Å². The van der Waals surface area contributed by atoms with Gasteiger partial charge in [0.1, 0.15) is 6.61 Å². The van der Waals surface area contributed by atoms with Crippen molar-refractivity contribution in [3.63, 3.8) is 0 Å². The van der Waals surface area contributed by atoms with Crippen LogP contribution in [0.15, 0.2) is 66.7 Å². The van der Waals surface area contributed by atoms with Gasteiger partial charge in [0.25, 0.3) is 0 Å². The first-order valence-corrected chi connectivity index (χ1v) is 9.88. The number of rotatable bonds is 6. The molecule has 3 aromatic carbocycles. The number of hydrogen-bond donors (Lipinski definition) is 1. The predicted octanol–water partition coefficient (Wildman–Crippen LogP) is 4.79. The van der Waals surface area contributed by atoms with E-state index in [1.54, 1.807) is 48.5 Å². The first kappa shape index (κ1) is 21.5. The fraction of sp³-hybridized carbons (Fsp3) is 0.231. The fourth-order valence-electron chi connectivity index (χ4n) is 3.99. The molecule has 4 heteroatoms. The van der Waals surface area contributed by atoms with Gasteiger partial charge >= 0.3 is 5.97 Å². The third-order valence-electron chi connectivity index (χ3n) is 5.51. The third-order valence-corrected chi connectivity index (χ3v) is 5.51. The van der Waals surface area contributed by atoms with Crippen molar-refractivity contribution in [1.82, 2.24) is 0 Å². The van der Waals surface area contributed by atoms with E-state index in [9.17, 15) is 14.7 Å². The summed E-state index contributed by atoms with van der Waals surface area (Å²) in [5.41, 5.74) is 3.00. The van der Waals surface area contributed by atoms with Crippen molar-refractivity contribution in [3.8, 4) is 0 Å². The molecule has 0 aliphatic carbocycles. The molecule has 3 rings (SSSR count). The highest BCUT2D eigenvalue weighted by molar-refractivity contribution is 5.97. The average molecular weight is 402 g/mol. The molecule has 0 bridgehead atoms. The van der Waals surface area contributed by atoms with Gasteiger partial charge in [0.15, 0.2) is 5.78 Å². The van der Waals surface area contributed by atoms with Crippen molar-refractivity contribution in [3.05, 3.63) is 106 Å². The van der Waals surface area contributed by atoms with E-state index in [0.717, 1.165) is 22.3 Å². The number of carbonyl (C=O) groups is 2. The van der Waals surface area contributed by atoms with E-state index >= 15 is 0 Å². The zero-order valence-electron chi connectivity index (χ0n) is 17.7. The van der Waals surface area contributed by atoms with Gasteiger partial charge in [-0.15, -0.1) is 0 Å². The van der Waals surface area contributed by atoms with Crippen LogP contribution in [0.1, 0.15) is 50.7 Å². The first-order chi connectivity index (χ1) is 14.3. The molecule has 0 unspecified atom stereocenters. The minimum Gasteiger partial charge on any atom is -0.458 e. The van der Waals surface area contributed by atoms with Gasteiger partial charge < -0.3 is 9.84 Å². The third kappa shape index (κ3) is 3.91. The number of aliphatic hydroxyl groups is 1. The molecule has 154 valence electrons. The quantitative estimate of drug-likeness (QED) is 0.475. The Kier molecular flexibility index (Phi) is 6.18. The number of esters is 1. The minimum absolute atomic E-state index is 0.0253. The van der Waals surface area contributed by atoms with Crippen molar-refractivity contribution in [2.24, 2.45) is 0 Å². The lowest BCUT2D eigenvalue weighted by Gasteiger charge is -2.27. The van der Waals surface area contributed by atoms with Crippen LogP contribution in [0.3, 0.4) is 0 Å². The molecular weight excluding hydrogens is 376 g/mol. The lowest BCUT2D eigenvalue weighted by atomic mass is 9.86. The van der Waals surface area contributed by atoms with Crippen LogP contribution in [0.2, 0.25) is 0 Å². The van der Waals surface area contributed by atoms with Crippen molar-refractivity contribution in [1.29, 1.82) is 0 Å². The molecule has 0 amide bonds. The van der Waals surface area contributed by atoms with Gasteiger partial charge in [-0.05, 0) is 61.1 Å². The topological polar surface area (TPSA) is 63.6 Å². The number of ether oxygens (including phenoxy) is 1. The number of benzene rings is 3. The Balaban J connectivity index is 1.98. The van der Waals surface area contributed by atoms with Gasteiger partial charge in [-0.25, -0.2) is 4.79 Å². The Labute approximate surface area is 177 Å². The monoisotopic (exact) mass is 402 g/mol. The van der Waals surface area contributed by atoms with Crippen molar-refractivity contribution in [2.75, 3.05) is 0 Å². The molecule has 0 spiro atoms. The standard InChI is InChI=1S/C26H26O4/c1-17-15-18(2)24(20(4)27)19(3)23(17)16-30-25(28)26(29,21-11-7-5-8-12-21)22-13-9-6-10-14-22/h5-15,29H,16H2,1-4H3. The van der Waals surface area contributed by atoms with Crippen LogP contribution in [0.25, 0.3) is 0 Å². The lowest BCUT2D eigenvalue weighted by molar-refractivity contribution is -0.163. The predicted molar refractivity (Wildman–Crippen MR) is 116 cm³/mol. The van der Waals surface area contributed by atoms with Gasteiger partial charge in [-0.2, -0.15) is 0 Å². The molecule has 0 saturated heterocycles. The highest BCUT2D eigenvalue weighted by Gasteiger charge is 2.41. The highest BCUT2D eigenvalue weighted by atomic mass is 16.5. The highest BCUT2D eigenvalue weighted by Crippen LogP contribution is 2.32. The maximum Gasteiger partial charge on any atom is 0.348 e. The Morgan fingerprint density at radius 1 is 0.867 bits per heavy atom. The zero-order chi connectivity index (χ0) is 21.9. The number of aryl methyl sites for hydroxylation is 2. The van der Waals surface area contributed by atoms with E-state index in [2.05, 4.69) is 0 Å². The molecule has 3 aromatic rings. The normalized spacial score (nSPS) is 11.2. The Morgan fingerprint density at radius 3 is 1.83 bits per heavy atom. The van der Waals surface area contributed by atoms with Crippen LogP contribution in [-0.2, 0) is 21.7 Å². The number of Topliss-reactive ketones (excluding diaryl/α,β-unsaturated/α-hetero) is 1. The second kappa shape index (κ2) is 8.64. The minimum atomic E-state index is -1.93. The van der Waals surface area contributed by atoms with E-state index < -0.39 is 11.6 Å². The van der Waals surface area contributed by atoms with Crippen molar-refractivity contribution >= 4 is 11.8 Å². The summed E-state index contributed by atoms with van der Waals surface area (Å²) in [5, 5.41) is 11.5. The van der Waals surface area contributed by atoms with E-state index in [0.29, 0.717) is 16.7 Å². The van der Waals surface area contributed by atoms with E-state index in [1.165, 1.54) is 6.92 Å². The molecule has 0 atom stereocenters. The summed E-state index contributed by atoms with van der Waals surface area (Å²) in [4.78, 5) is 25.3. The summed E-state index contributed by atoms with van der Waals surface area (Å²) in [5.74, 6) is -0.786. The van der Waals surface area contributed by atoms with Crippen LogP contribution >= 0.6 is 0 Å². The SMILES string of the molecule is CC(=O)c1c(C)cc(C)c(COC(=O)C(O)(c2ccccc2)c2ccccc2)c1C. The van der Waals surface area contributed by atoms with Gasteiger partial charge in [-0.1, -0.05) is 66.7 Å². The van der Waals surface area contributed by atoms with Crippen LogP contribution in [0.4, 0.5) is 0 Å². The molecule has 1 N–H and O–H groups in total.